The van der Waals surface area contributed by atoms with Crippen molar-refractivity contribution in [2.24, 2.45) is 5.73 Å². The molecule has 0 unspecified atom stereocenters. The van der Waals surface area contributed by atoms with Gasteiger partial charge in [0.1, 0.15) is 16.5 Å². The van der Waals surface area contributed by atoms with Crippen molar-refractivity contribution in [2.45, 2.75) is 32.7 Å². The van der Waals surface area contributed by atoms with Gasteiger partial charge in [-0.3, -0.25) is 18.8 Å². The van der Waals surface area contributed by atoms with Gasteiger partial charge in [-0.25, -0.2) is 18.4 Å². The Morgan fingerprint density at radius 2 is 1.55 bits per heavy atom. The number of nitrogens with one attached hydrogen (secondary N) is 1. The van der Waals surface area contributed by atoms with E-state index in [1.54, 1.807) is 24.3 Å². The molecule has 3 aromatic carbocycles. The van der Waals surface area contributed by atoms with Crippen LogP contribution < -0.4 is 22.3 Å². The zero-order chi connectivity index (χ0) is 33.1. The fourth-order valence-corrected chi connectivity index (χ4v) is 6.80. The Labute approximate surface area is 271 Å². The highest BCUT2D eigenvalue weighted by atomic mass is 32.1. The molecule has 14 heteroatoms. The second-order valence-corrected chi connectivity index (χ2v) is 12.0. The molecule has 2 amide bonds. The quantitative estimate of drug-likeness (QED) is 0.209. The van der Waals surface area contributed by atoms with Crippen molar-refractivity contribution in [3.8, 4) is 10.4 Å². The Bertz CT molecular complexity index is 2140. The van der Waals surface area contributed by atoms with Gasteiger partial charge in [0.2, 0.25) is 0 Å². The molecule has 0 aliphatic heterocycles. The number of fused-ring (bicyclic) bond motifs is 1. The predicted octanol–water partition coefficient (Wildman–Crippen LogP) is 4.63. The van der Waals surface area contributed by atoms with Crippen LogP contribution in [0.1, 0.15) is 16.7 Å². The first-order valence-corrected chi connectivity index (χ1v) is 15.5. The Morgan fingerprint density at radius 1 is 0.872 bits per heavy atom. The molecular weight excluding hydrogens is 626 g/mol. The second kappa shape index (κ2) is 13.5. The first kappa shape index (κ1) is 31.5. The van der Waals surface area contributed by atoms with Crippen LogP contribution in [-0.2, 0) is 32.7 Å². The number of halogens is 2. The number of aryl methyl sites for hydroxylation is 1. The SMILES string of the molecule is CN(Cc1ccccc1)Cc1c(-c2ccc(NC(N)=O)cc2)sc2c1c(=O)n(CCn1nccn1)c(=O)n2Cc1c(F)cccc1F. The van der Waals surface area contributed by atoms with Gasteiger partial charge in [0, 0.05) is 29.2 Å². The number of urea groups is 1. The molecule has 0 radical (unpaired) electrons. The van der Waals surface area contributed by atoms with Crippen molar-refractivity contribution in [2.75, 3.05) is 12.4 Å². The zero-order valence-corrected chi connectivity index (χ0v) is 26.1. The number of amides is 2. The number of carbonyl (C=O) groups is 1. The molecule has 47 heavy (non-hydrogen) atoms. The third kappa shape index (κ3) is 6.73. The summed E-state index contributed by atoms with van der Waals surface area (Å²) >= 11 is 1.19. The number of hydrogen-bond donors (Lipinski definition) is 2. The number of thiophene rings is 1. The Hall–Kier alpha value is -5.47. The van der Waals surface area contributed by atoms with E-state index in [1.807, 2.05) is 42.3 Å². The highest BCUT2D eigenvalue weighted by Crippen LogP contribution is 2.38. The lowest BCUT2D eigenvalue weighted by Crippen LogP contribution is -2.41. The van der Waals surface area contributed by atoms with Crippen molar-refractivity contribution >= 4 is 33.3 Å². The number of aromatic nitrogens is 5. The summed E-state index contributed by atoms with van der Waals surface area (Å²) in [7, 11) is 1.92. The molecule has 11 nitrogen and oxygen atoms in total. The van der Waals surface area contributed by atoms with E-state index in [0.29, 0.717) is 34.8 Å². The van der Waals surface area contributed by atoms with Gasteiger partial charge in [-0.2, -0.15) is 15.0 Å². The number of nitrogens with zero attached hydrogens (tertiary/aromatic N) is 6. The van der Waals surface area contributed by atoms with Gasteiger partial charge in [0.15, 0.2) is 0 Å². The summed E-state index contributed by atoms with van der Waals surface area (Å²) in [6.07, 6.45) is 2.97. The molecule has 0 saturated carbocycles. The smallest absolute Gasteiger partial charge is 0.332 e. The van der Waals surface area contributed by atoms with E-state index in [4.69, 9.17) is 5.73 Å². The van der Waals surface area contributed by atoms with E-state index in [0.717, 1.165) is 22.3 Å². The molecule has 0 spiro atoms. The molecule has 0 saturated heterocycles. The number of primary amides is 1. The third-order valence-corrected chi connectivity index (χ3v) is 8.96. The largest absolute Gasteiger partial charge is 0.351 e. The van der Waals surface area contributed by atoms with E-state index in [9.17, 15) is 23.2 Å². The van der Waals surface area contributed by atoms with Crippen LogP contribution in [0.25, 0.3) is 20.7 Å². The number of benzene rings is 3. The van der Waals surface area contributed by atoms with Crippen LogP contribution in [0.5, 0.6) is 0 Å². The molecule has 0 aliphatic rings. The van der Waals surface area contributed by atoms with E-state index in [2.05, 4.69) is 15.5 Å². The summed E-state index contributed by atoms with van der Waals surface area (Å²) in [5, 5.41) is 11.0. The van der Waals surface area contributed by atoms with Crippen LogP contribution in [0.2, 0.25) is 0 Å². The number of nitrogens with two attached hydrogens (primary N) is 1. The Kier molecular flexibility index (Phi) is 9.04. The topological polar surface area (TPSA) is 133 Å². The molecule has 0 atom stereocenters. The molecule has 240 valence electrons. The molecule has 0 aliphatic carbocycles. The lowest BCUT2D eigenvalue weighted by molar-refractivity contribution is 0.259. The third-order valence-electron chi connectivity index (χ3n) is 7.66. The maximum Gasteiger partial charge on any atom is 0.332 e. The van der Waals surface area contributed by atoms with Crippen LogP contribution in [-0.4, -0.2) is 42.1 Å². The van der Waals surface area contributed by atoms with Crippen LogP contribution in [0, 0.1) is 11.6 Å². The molecule has 0 bridgehead atoms. The van der Waals surface area contributed by atoms with Crippen LogP contribution in [0.15, 0.2) is 94.8 Å². The molecule has 3 heterocycles. The highest BCUT2D eigenvalue weighted by molar-refractivity contribution is 7.22. The first-order valence-electron chi connectivity index (χ1n) is 14.6. The standard InChI is InChI=1S/C33H30F2N8O3S/c1-40(18-21-6-3-2-4-7-21)19-25-28-30(44)41(16-17-43-37-14-15-38-43)33(46)42(20-24-26(34)8-5-9-27(24)35)31(28)47-29(25)22-10-12-23(13-11-22)39-32(36)45/h2-15H,16-20H2,1H3,(H3,36,39,45). The van der Waals surface area contributed by atoms with Crippen molar-refractivity contribution in [1.82, 2.24) is 29.0 Å². The second-order valence-electron chi connectivity index (χ2n) is 11.0. The summed E-state index contributed by atoms with van der Waals surface area (Å²) in [5.41, 5.74) is 6.65. The number of carbonyl (C=O) groups excluding carboxylic acids is 1. The monoisotopic (exact) mass is 656 g/mol. The van der Waals surface area contributed by atoms with E-state index in [1.165, 1.54) is 39.2 Å². The van der Waals surface area contributed by atoms with Crippen LogP contribution >= 0.6 is 11.3 Å². The van der Waals surface area contributed by atoms with Gasteiger partial charge in [0.05, 0.1) is 37.4 Å². The number of anilines is 1. The summed E-state index contributed by atoms with van der Waals surface area (Å²) in [4.78, 5) is 44.1. The summed E-state index contributed by atoms with van der Waals surface area (Å²) in [5.74, 6) is -1.61. The maximum atomic E-state index is 15.0. The summed E-state index contributed by atoms with van der Waals surface area (Å²) in [6, 6.07) is 19.6. The van der Waals surface area contributed by atoms with Crippen molar-refractivity contribution in [1.29, 1.82) is 0 Å². The molecule has 6 rings (SSSR count). The van der Waals surface area contributed by atoms with E-state index in [-0.39, 0.29) is 28.9 Å². The molecule has 6 aromatic rings. The molecule has 3 aromatic heterocycles. The fourth-order valence-electron chi connectivity index (χ4n) is 5.50. The van der Waals surface area contributed by atoms with E-state index >= 15 is 0 Å². The van der Waals surface area contributed by atoms with Gasteiger partial charge < -0.3 is 11.1 Å². The minimum absolute atomic E-state index is 0.0694. The van der Waals surface area contributed by atoms with Crippen molar-refractivity contribution in [3.63, 3.8) is 0 Å². The first-order chi connectivity index (χ1) is 22.7. The lowest BCUT2D eigenvalue weighted by atomic mass is 10.1. The van der Waals surface area contributed by atoms with Gasteiger partial charge in [0.25, 0.3) is 5.56 Å². The summed E-state index contributed by atoms with van der Waals surface area (Å²) in [6.45, 7) is 0.497. The minimum Gasteiger partial charge on any atom is -0.351 e. The molecule has 3 N–H and O–H groups in total. The summed E-state index contributed by atoms with van der Waals surface area (Å²) < 4.78 is 32.2. The zero-order valence-electron chi connectivity index (χ0n) is 25.3. The lowest BCUT2D eigenvalue weighted by Gasteiger charge is -2.18. The normalized spacial score (nSPS) is 11.4. The van der Waals surface area contributed by atoms with Gasteiger partial charge in [-0.1, -0.05) is 48.5 Å². The van der Waals surface area contributed by atoms with Crippen LogP contribution in [0.4, 0.5) is 19.3 Å². The fraction of sp³-hybridized carbons (Fsp3) is 0.182. The number of rotatable bonds is 11. The number of hydrogen-bond acceptors (Lipinski definition) is 7. The Balaban J connectivity index is 1.56. The van der Waals surface area contributed by atoms with Crippen LogP contribution in [0.3, 0.4) is 0 Å². The average Bonchev–Trinajstić information content (AvgIpc) is 3.69. The minimum atomic E-state index is -0.805. The average molecular weight is 657 g/mol. The highest BCUT2D eigenvalue weighted by Gasteiger charge is 2.25. The predicted molar refractivity (Wildman–Crippen MR) is 176 cm³/mol. The van der Waals surface area contributed by atoms with Gasteiger partial charge in [-0.05, 0) is 48.0 Å². The Morgan fingerprint density at radius 3 is 2.21 bits per heavy atom. The molecular formula is C33H30F2N8O3S. The van der Waals surface area contributed by atoms with Crippen molar-refractivity contribution in [3.05, 3.63) is 134 Å². The van der Waals surface area contributed by atoms with Gasteiger partial charge in [-0.15, -0.1) is 11.3 Å². The maximum absolute atomic E-state index is 15.0. The van der Waals surface area contributed by atoms with Gasteiger partial charge >= 0.3 is 11.7 Å². The molecule has 0 fully saturated rings. The van der Waals surface area contributed by atoms with Crippen molar-refractivity contribution < 1.29 is 13.6 Å². The van der Waals surface area contributed by atoms with E-state index < -0.39 is 35.5 Å².